The van der Waals surface area contributed by atoms with Crippen LogP contribution in [-0.4, -0.2) is 74.4 Å². The lowest BCUT2D eigenvalue weighted by Crippen LogP contribution is -2.51. The second-order valence-corrected chi connectivity index (χ2v) is 5.89. The summed E-state index contributed by atoms with van der Waals surface area (Å²) in [6.45, 7) is 2.97. The van der Waals surface area contributed by atoms with Gasteiger partial charge in [0.1, 0.15) is 0 Å². The van der Waals surface area contributed by atoms with Crippen LogP contribution in [-0.2, 0) is 10.0 Å². The lowest BCUT2D eigenvalue weighted by atomic mass is 10.2. The zero-order chi connectivity index (χ0) is 11.5. The fourth-order valence-electron chi connectivity index (χ4n) is 1.63. The summed E-state index contributed by atoms with van der Waals surface area (Å²) in [4.78, 5) is 2.07. The molecule has 0 radical (unpaired) electrons. The molecule has 1 aliphatic heterocycles. The summed E-state index contributed by atoms with van der Waals surface area (Å²) < 4.78 is 23.9. The minimum atomic E-state index is -3.06. The van der Waals surface area contributed by atoms with Crippen LogP contribution in [0.3, 0.4) is 0 Å². The third kappa shape index (κ3) is 4.04. The van der Waals surface area contributed by atoms with Gasteiger partial charge in [-0.25, -0.2) is 8.42 Å². The summed E-state index contributed by atoms with van der Waals surface area (Å²) in [6.07, 6.45) is 1.22. The van der Waals surface area contributed by atoms with Crippen LogP contribution in [0.2, 0.25) is 0 Å². The normalized spacial score (nSPS) is 22.9. The SMILES string of the molecule is CS(=O)(=O)N1CCN(CC(N)CO)CC1. The number of hydrogen-bond acceptors (Lipinski definition) is 5. The fourth-order valence-corrected chi connectivity index (χ4v) is 2.46. The molecule has 1 heterocycles. The van der Waals surface area contributed by atoms with E-state index in [0.29, 0.717) is 32.7 Å². The van der Waals surface area contributed by atoms with Crippen LogP contribution in [0.15, 0.2) is 0 Å². The average Bonchev–Trinajstić information content (AvgIpc) is 2.17. The van der Waals surface area contributed by atoms with E-state index in [-0.39, 0.29) is 12.6 Å². The molecule has 0 aliphatic carbocycles. The third-order valence-corrected chi connectivity index (χ3v) is 3.83. The average molecular weight is 237 g/mol. The van der Waals surface area contributed by atoms with E-state index in [0.717, 1.165) is 0 Å². The van der Waals surface area contributed by atoms with E-state index in [1.807, 2.05) is 0 Å². The van der Waals surface area contributed by atoms with Crippen LogP contribution in [0.25, 0.3) is 0 Å². The quantitative estimate of drug-likeness (QED) is 0.584. The van der Waals surface area contributed by atoms with E-state index in [9.17, 15) is 8.42 Å². The van der Waals surface area contributed by atoms with Gasteiger partial charge in [0, 0.05) is 38.8 Å². The van der Waals surface area contributed by atoms with Gasteiger partial charge in [-0.3, -0.25) is 4.90 Å². The van der Waals surface area contributed by atoms with Gasteiger partial charge in [0.25, 0.3) is 0 Å². The predicted octanol–water partition coefficient (Wildman–Crippen LogP) is -2.12. The topological polar surface area (TPSA) is 86.9 Å². The first kappa shape index (κ1) is 12.9. The molecule has 0 aromatic rings. The van der Waals surface area contributed by atoms with Crippen molar-refractivity contribution in [1.82, 2.24) is 9.21 Å². The second kappa shape index (κ2) is 5.22. The van der Waals surface area contributed by atoms with Crippen LogP contribution in [0.1, 0.15) is 0 Å². The number of hydrogen-bond donors (Lipinski definition) is 2. The van der Waals surface area contributed by atoms with Crippen molar-refractivity contribution in [1.29, 1.82) is 0 Å². The summed E-state index contributed by atoms with van der Waals surface area (Å²) in [5.74, 6) is 0. The zero-order valence-electron chi connectivity index (χ0n) is 8.96. The molecule has 3 N–H and O–H groups in total. The van der Waals surface area contributed by atoms with Crippen LogP contribution in [0.4, 0.5) is 0 Å². The second-order valence-electron chi connectivity index (χ2n) is 3.91. The monoisotopic (exact) mass is 237 g/mol. The summed E-state index contributed by atoms with van der Waals surface area (Å²) in [6, 6.07) is -0.241. The smallest absolute Gasteiger partial charge is 0.211 e. The first-order valence-electron chi connectivity index (χ1n) is 4.97. The molecule has 0 bridgehead atoms. The summed E-state index contributed by atoms with van der Waals surface area (Å²) in [5.41, 5.74) is 5.60. The van der Waals surface area contributed by atoms with Crippen molar-refractivity contribution in [2.45, 2.75) is 6.04 Å². The van der Waals surface area contributed by atoms with Gasteiger partial charge in [-0.1, -0.05) is 0 Å². The maximum absolute atomic E-state index is 11.2. The molecule has 7 heteroatoms. The van der Waals surface area contributed by atoms with E-state index in [2.05, 4.69) is 4.90 Å². The van der Waals surface area contributed by atoms with Crippen LogP contribution < -0.4 is 5.73 Å². The Hall–Kier alpha value is -0.210. The Bertz CT molecular complexity index is 286. The first-order chi connectivity index (χ1) is 6.93. The first-order valence-corrected chi connectivity index (χ1v) is 6.82. The highest BCUT2D eigenvalue weighted by molar-refractivity contribution is 7.88. The van der Waals surface area contributed by atoms with Gasteiger partial charge in [0.05, 0.1) is 12.9 Å². The Labute approximate surface area is 90.7 Å². The lowest BCUT2D eigenvalue weighted by molar-refractivity contribution is 0.158. The van der Waals surface area contributed by atoms with E-state index >= 15 is 0 Å². The van der Waals surface area contributed by atoms with Crippen LogP contribution in [0, 0.1) is 0 Å². The summed E-state index contributed by atoms with van der Waals surface area (Å²) in [5, 5.41) is 8.79. The highest BCUT2D eigenvalue weighted by Gasteiger charge is 2.23. The zero-order valence-corrected chi connectivity index (χ0v) is 9.78. The fraction of sp³-hybridized carbons (Fsp3) is 1.00. The minimum absolute atomic E-state index is 0.0354. The maximum atomic E-state index is 11.2. The largest absolute Gasteiger partial charge is 0.395 e. The molecule has 0 spiro atoms. The molecule has 15 heavy (non-hydrogen) atoms. The van der Waals surface area contributed by atoms with Gasteiger partial charge < -0.3 is 10.8 Å². The van der Waals surface area contributed by atoms with Gasteiger partial charge in [-0.2, -0.15) is 4.31 Å². The molecule has 1 aliphatic rings. The number of rotatable bonds is 4. The molecule has 1 unspecified atom stereocenters. The summed E-state index contributed by atoms with van der Waals surface area (Å²) >= 11 is 0. The van der Waals surface area contributed by atoms with Gasteiger partial charge >= 0.3 is 0 Å². The van der Waals surface area contributed by atoms with Crippen molar-refractivity contribution < 1.29 is 13.5 Å². The molecular formula is C8H19N3O3S. The number of aliphatic hydroxyl groups excluding tert-OH is 1. The molecule has 1 atom stereocenters. The number of aliphatic hydroxyl groups is 1. The van der Waals surface area contributed by atoms with Gasteiger partial charge in [-0.05, 0) is 0 Å². The maximum Gasteiger partial charge on any atom is 0.211 e. The van der Waals surface area contributed by atoms with Crippen LogP contribution >= 0.6 is 0 Å². The Morgan fingerprint density at radius 3 is 2.27 bits per heavy atom. The van der Waals surface area contributed by atoms with Gasteiger partial charge in [0.15, 0.2) is 0 Å². The molecule has 0 aromatic carbocycles. The molecule has 0 amide bonds. The van der Waals surface area contributed by atoms with Crippen molar-refractivity contribution in [2.24, 2.45) is 5.73 Å². The van der Waals surface area contributed by atoms with Gasteiger partial charge in [0.2, 0.25) is 10.0 Å². The number of nitrogens with two attached hydrogens (primary N) is 1. The molecular weight excluding hydrogens is 218 g/mol. The van der Waals surface area contributed by atoms with E-state index in [1.54, 1.807) is 0 Å². The molecule has 1 saturated heterocycles. The molecule has 1 fully saturated rings. The van der Waals surface area contributed by atoms with Crippen molar-refractivity contribution >= 4 is 10.0 Å². The molecule has 6 nitrogen and oxygen atoms in total. The number of sulfonamides is 1. The molecule has 0 saturated carbocycles. The van der Waals surface area contributed by atoms with E-state index < -0.39 is 10.0 Å². The summed E-state index contributed by atoms with van der Waals surface area (Å²) in [7, 11) is -3.06. The third-order valence-electron chi connectivity index (χ3n) is 2.53. The van der Waals surface area contributed by atoms with E-state index in [1.165, 1.54) is 10.6 Å². The van der Waals surface area contributed by atoms with Crippen molar-refractivity contribution in [3.8, 4) is 0 Å². The standard InChI is InChI=1S/C8H19N3O3S/c1-15(13,14)11-4-2-10(3-5-11)6-8(9)7-12/h8,12H,2-7,9H2,1H3. The predicted molar refractivity (Wildman–Crippen MR) is 57.9 cm³/mol. The Morgan fingerprint density at radius 1 is 1.33 bits per heavy atom. The molecule has 0 aromatic heterocycles. The highest BCUT2D eigenvalue weighted by Crippen LogP contribution is 2.05. The van der Waals surface area contributed by atoms with Crippen molar-refractivity contribution in [2.75, 3.05) is 45.6 Å². The van der Waals surface area contributed by atoms with Gasteiger partial charge in [-0.15, -0.1) is 0 Å². The number of piperazine rings is 1. The highest BCUT2D eigenvalue weighted by atomic mass is 32.2. The number of nitrogens with zero attached hydrogens (tertiary/aromatic N) is 2. The Kier molecular flexibility index (Phi) is 4.47. The molecule has 1 rings (SSSR count). The Balaban J connectivity index is 2.36. The van der Waals surface area contributed by atoms with E-state index in [4.69, 9.17) is 10.8 Å². The Morgan fingerprint density at radius 2 is 1.87 bits per heavy atom. The lowest BCUT2D eigenvalue weighted by Gasteiger charge is -2.34. The van der Waals surface area contributed by atoms with Crippen molar-refractivity contribution in [3.05, 3.63) is 0 Å². The van der Waals surface area contributed by atoms with Crippen molar-refractivity contribution in [3.63, 3.8) is 0 Å². The molecule has 90 valence electrons. The van der Waals surface area contributed by atoms with Crippen LogP contribution in [0.5, 0.6) is 0 Å². The minimum Gasteiger partial charge on any atom is -0.395 e.